The van der Waals surface area contributed by atoms with E-state index in [0.29, 0.717) is 0 Å². The van der Waals surface area contributed by atoms with Gasteiger partial charge in [0.1, 0.15) is 0 Å². The van der Waals surface area contributed by atoms with Gasteiger partial charge in [-0.15, -0.1) is 11.3 Å². The molecule has 0 bridgehead atoms. The van der Waals surface area contributed by atoms with Crippen molar-refractivity contribution in [2.45, 2.75) is 25.8 Å². The molecule has 3 rings (SSSR count). The Bertz CT molecular complexity index is 665. The van der Waals surface area contributed by atoms with Crippen LogP contribution in [0.15, 0.2) is 46.8 Å². The number of rotatable bonds is 7. The van der Waals surface area contributed by atoms with Crippen molar-refractivity contribution in [2.24, 2.45) is 4.99 Å². The van der Waals surface area contributed by atoms with Crippen LogP contribution in [0.4, 0.5) is 0 Å². The zero-order valence-electron chi connectivity index (χ0n) is 15.0. The molecule has 1 aromatic carbocycles. The van der Waals surface area contributed by atoms with Gasteiger partial charge in [0.2, 0.25) is 0 Å². The second-order valence-corrected chi connectivity index (χ2v) is 7.41. The zero-order chi connectivity index (χ0) is 17.3. The smallest absolute Gasteiger partial charge is 0.191 e. The molecule has 5 heteroatoms. The highest BCUT2D eigenvalue weighted by Gasteiger charge is 2.16. The van der Waals surface area contributed by atoms with Crippen LogP contribution < -0.4 is 10.6 Å². The molecule has 2 N–H and O–H groups in total. The molecule has 134 valence electrons. The van der Waals surface area contributed by atoms with Gasteiger partial charge >= 0.3 is 0 Å². The van der Waals surface area contributed by atoms with E-state index in [1.165, 1.54) is 17.5 Å². The first-order valence-corrected chi connectivity index (χ1v) is 9.99. The van der Waals surface area contributed by atoms with E-state index in [1.807, 2.05) is 18.4 Å². The Morgan fingerprint density at radius 1 is 1.16 bits per heavy atom. The molecule has 0 fully saturated rings. The van der Waals surface area contributed by atoms with Gasteiger partial charge in [0.05, 0.1) is 0 Å². The number of nitrogens with one attached hydrogen (secondary N) is 2. The van der Waals surface area contributed by atoms with E-state index >= 15 is 0 Å². The van der Waals surface area contributed by atoms with Gasteiger partial charge in [-0.25, -0.2) is 0 Å². The van der Waals surface area contributed by atoms with Crippen molar-refractivity contribution in [3.63, 3.8) is 0 Å². The molecule has 0 spiro atoms. The van der Waals surface area contributed by atoms with Crippen LogP contribution in [0.1, 0.15) is 22.4 Å². The van der Waals surface area contributed by atoms with Crippen LogP contribution in [0.25, 0.3) is 0 Å². The molecule has 0 radical (unpaired) electrons. The molecule has 4 nitrogen and oxygen atoms in total. The van der Waals surface area contributed by atoms with Crippen LogP contribution in [0.3, 0.4) is 0 Å². The SMILES string of the molecule is CN=C(NCCCc1ccccc1)NCCN1CCc2sccc2C1. The molecular weight excluding hydrogens is 328 g/mol. The van der Waals surface area contributed by atoms with Crippen molar-refractivity contribution < 1.29 is 0 Å². The predicted molar refractivity (Wildman–Crippen MR) is 107 cm³/mol. The van der Waals surface area contributed by atoms with E-state index in [4.69, 9.17) is 0 Å². The maximum absolute atomic E-state index is 4.32. The van der Waals surface area contributed by atoms with Gasteiger partial charge in [0.15, 0.2) is 5.96 Å². The van der Waals surface area contributed by atoms with Crippen LogP contribution in [-0.4, -0.2) is 44.1 Å². The number of aliphatic imine (C=N–C) groups is 1. The molecule has 1 aliphatic rings. The largest absolute Gasteiger partial charge is 0.356 e. The summed E-state index contributed by atoms with van der Waals surface area (Å²) in [5.41, 5.74) is 2.91. The highest BCUT2D eigenvalue weighted by molar-refractivity contribution is 7.10. The number of nitrogens with zero attached hydrogens (tertiary/aromatic N) is 2. The molecule has 0 unspecified atom stereocenters. The summed E-state index contributed by atoms with van der Waals surface area (Å²) >= 11 is 1.90. The number of aryl methyl sites for hydroxylation is 1. The standard InChI is InChI=1S/C20H28N4S/c1-21-20(22-11-5-8-17-6-3-2-4-7-17)23-12-14-24-13-9-19-18(16-24)10-15-25-19/h2-4,6-7,10,15H,5,8-9,11-14,16H2,1H3,(H2,21,22,23). The first kappa shape index (κ1) is 18.0. The molecule has 0 atom stereocenters. The molecule has 0 aliphatic carbocycles. The normalized spacial score (nSPS) is 15.0. The zero-order valence-corrected chi connectivity index (χ0v) is 15.8. The lowest BCUT2D eigenvalue weighted by Gasteiger charge is -2.27. The van der Waals surface area contributed by atoms with Crippen molar-refractivity contribution in [3.05, 3.63) is 57.8 Å². The average molecular weight is 357 g/mol. The summed E-state index contributed by atoms with van der Waals surface area (Å²) in [4.78, 5) is 8.41. The second kappa shape index (κ2) is 9.59. The molecule has 0 saturated heterocycles. The third kappa shape index (κ3) is 5.58. The minimum Gasteiger partial charge on any atom is -0.356 e. The van der Waals surface area contributed by atoms with E-state index in [2.05, 4.69) is 62.3 Å². The minimum absolute atomic E-state index is 0.904. The monoisotopic (exact) mass is 356 g/mol. The van der Waals surface area contributed by atoms with Crippen molar-refractivity contribution in [1.29, 1.82) is 0 Å². The fraction of sp³-hybridized carbons (Fsp3) is 0.450. The average Bonchev–Trinajstić information content (AvgIpc) is 3.12. The molecular formula is C20H28N4S. The van der Waals surface area contributed by atoms with Gasteiger partial charge in [0, 0.05) is 44.6 Å². The van der Waals surface area contributed by atoms with E-state index in [9.17, 15) is 0 Å². The lowest BCUT2D eigenvalue weighted by Crippen LogP contribution is -2.42. The predicted octanol–water partition coefficient (Wildman–Crippen LogP) is 2.90. The van der Waals surface area contributed by atoms with E-state index < -0.39 is 0 Å². The van der Waals surface area contributed by atoms with E-state index in [0.717, 1.165) is 51.5 Å². The van der Waals surface area contributed by atoms with Crippen molar-refractivity contribution in [3.8, 4) is 0 Å². The molecule has 0 amide bonds. The van der Waals surface area contributed by atoms with Crippen LogP contribution in [0.5, 0.6) is 0 Å². The Labute approximate surface area is 155 Å². The van der Waals surface area contributed by atoms with Gasteiger partial charge in [-0.3, -0.25) is 9.89 Å². The molecule has 0 saturated carbocycles. The minimum atomic E-state index is 0.904. The number of hydrogen-bond acceptors (Lipinski definition) is 3. The van der Waals surface area contributed by atoms with E-state index in [-0.39, 0.29) is 0 Å². The highest BCUT2D eigenvalue weighted by atomic mass is 32.1. The van der Waals surface area contributed by atoms with Crippen LogP contribution in [-0.2, 0) is 19.4 Å². The third-order valence-electron chi connectivity index (χ3n) is 4.61. The molecule has 1 aliphatic heterocycles. The Balaban J connectivity index is 1.30. The summed E-state index contributed by atoms with van der Waals surface area (Å²) in [6.45, 7) is 5.18. The van der Waals surface area contributed by atoms with Crippen molar-refractivity contribution in [2.75, 3.05) is 33.2 Å². The fourth-order valence-electron chi connectivity index (χ4n) is 3.19. The van der Waals surface area contributed by atoms with Gasteiger partial charge in [-0.05, 0) is 41.8 Å². The molecule has 1 aromatic heterocycles. The van der Waals surface area contributed by atoms with Gasteiger partial charge in [-0.1, -0.05) is 30.3 Å². The summed E-state index contributed by atoms with van der Waals surface area (Å²) in [5.74, 6) is 0.904. The Morgan fingerprint density at radius 3 is 2.84 bits per heavy atom. The summed E-state index contributed by atoms with van der Waals surface area (Å²) in [5, 5.41) is 9.06. The summed E-state index contributed by atoms with van der Waals surface area (Å²) < 4.78 is 0. The number of benzene rings is 1. The van der Waals surface area contributed by atoms with E-state index in [1.54, 1.807) is 4.88 Å². The third-order valence-corrected chi connectivity index (χ3v) is 5.63. The van der Waals surface area contributed by atoms with Gasteiger partial charge in [-0.2, -0.15) is 0 Å². The second-order valence-electron chi connectivity index (χ2n) is 6.41. The van der Waals surface area contributed by atoms with Crippen LogP contribution in [0, 0.1) is 0 Å². The van der Waals surface area contributed by atoms with Gasteiger partial charge < -0.3 is 10.6 Å². The van der Waals surface area contributed by atoms with Crippen LogP contribution >= 0.6 is 11.3 Å². The fourth-order valence-corrected chi connectivity index (χ4v) is 4.08. The summed E-state index contributed by atoms with van der Waals surface area (Å²) in [6, 6.07) is 12.9. The highest BCUT2D eigenvalue weighted by Crippen LogP contribution is 2.23. The summed E-state index contributed by atoms with van der Waals surface area (Å²) in [7, 11) is 1.84. The maximum atomic E-state index is 4.32. The molecule has 2 heterocycles. The number of thiophene rings is 1. The Hall–Kier alpha value is -1.85. The lowest BCUT2D eigenvalue weighted by molar-refractivity contribution is 0.260. The van der Waals surface area contributed by atoms with Crippen molar-refractivity contribution in [1.82, 2.24) is 15.5 Å². The van der Waals surface area contributed by atoms with Gasteiger partial charge in [0.25, 0.3) is 0 Å². The quantitative estimate of drug-likeness (QED) is 0.455. The molecule has 25 heavy (non-hydrogen) atoms. The van der Waals surface area contributed by atoms with Crippen LogP contribution in [0.2, 0.25) is 0 Å². The first-order valence-electron chi connectivity index (χ1n) is 9.11. The van der Waals surface area contributed by atoms with Crippen molar-refractivity contribution >= 4 is 17.3 Å². The lowest BCUT2D eigenvalue weighted by atomic mass is 10.1. The number of hydrogen-bond donors (Lipinski definition) is 2. The number of fused-ring (bicyclic) bond motifs is 1. The maximum Gasteiger partial charge on any atom is 0.191 e. The topological polar surface area (TPSA) is 39.7 Å². The first-order chi connectivity index (χ1) is 12.3. The Morgan fingerprint density at radius 2 is 2.00 bits per heavy atom. The summed E-state index contributed by atoms with van der Waals surface area (Å²) in [6.07, 6.45) is 3.40. The number of guanidine groups is 1. The Kier molecular flexibility index (Phi) is 6.89. The molecule has 2 aromatic rings.